The second-order valence-electron chi connectivity index (χ2n) is 2.96. The molecular weight excluding hydrogens is 112 g/mol. The second kappa shape index (κ2) is 3.21. The molecule has 0 spiro atoms. The van der Waals surface area contributed by atoms with Crippen molar-refractivity contribution in [3.63, 3.8) is 0 Å². The highest BCUT2D eigenvalue weighted by molar-refractivity contribution is 4.90. The van der Waals surface area contributed by atoms with Gasteiger partial charge in [-0.25, -0.2) is 0 Å². The lowest BCUT2D eigenvalue weighted by molar-refractivity contribution is 0.169. The Bertz CT molecular complexity index is 76.6. The van der Waals surface area contributed by atoms with E-state index in [1.807, 2.05) is 0 Å². The van der Waals surface area contributed by atoms with Gasteiger partial charge in [-0.1, -0.05) is 6.92 Å². The van der Waals surface area contributed by atoms with Crippen LogP contribution in [0.1, 0.15) is 19.8 Å². The quantitative estimate of drug-likeness (QED) is 0.560. The number of methoxy groups -OCH3 is 1. The lowest BCUT2D eigenvalue weighted by Gasteiger charge is -2.06. The van der Waals surface area contributed by atoms with Crippen LogP contribution in [0.25, 0.3) is 0 Å². The van der Waals surface area contributed by atoms with Gasteiger partial charge in [-0.15, -0.1) is 0 Å². The van der Waals surface area contributed by atoms with Gasteiger partial charge in [-0.05, 0) is 31.1 Å². The highest BCUT2D eigenvalue weighted by Crippen LogP contribution is 2.34. The third kappa shape index (κ3) is 2.85. The lowest BCUT2D eigenvalue weighted by Crippen LogP contribution is -2.04. The average molecular weight is 127 g/mol. The third-order valence-corrected chi connectivity index (χ3v) is 1.65. The maximum Gasteiger partial charge on any atom is 0.0490 e. The summed E-state index contributed by atoms with van der Waals surface area (Å²) in [6.07, 6.45) is 5.23. The molecule has 0 aromatic heterocycles. The topological polar surface area (TPSA) is 9.23 Å². The van der Waals surface area contributed by atoms with E-state index in [0.29, 0.717) is 5.92 Å². The van der Waals surface area contributed by atoms with E-state index in [0.717, 1.165) is 12.5 Å². The molecule has 0 bridgehead atoms. The smallest absolute Gasteiger partial charge is 0.0490 e. The minimum absolute atomic E-state index is 0.655. The Labute approximate surface area is 57.4 Å². The zero-order chi connectivity index (χ0) is 6.69. The molecule has 0 aromatic carbocycles. The van der Waals surface area contributed by atoms with E-state index in [2.05, 4.69) is 13.3 Å². The zero-order valence-electron chi connectivity index (χ0n) is 6.26. The molecule has 1 unspecified atom stereocenters. The summed E-state index contributed by atoms with van der Waals surface area (Å²) in [5, 5.41) is 0. The molecule has 0 saturated heterocycles. The van der Waals surface area contributed by atoms with Crippen molar-refractivity contribution in [1.82, 2.24) is 0 Å². The van der Waals surface area contributed by atoms with E-state index in [4.69, 9.17) is 4.74 Å². The Kier molecular flexibility index (Phi) is 2.52. The molecule has 53 valence electrons. The summed E-state index contributed by atoms with van der Waals surface area (Å²) in [6.45, 7) is 3.10. The van der Waals surface area contributed by atoms with Crippen LogP contribution < -0.4 is 0 Å². The molecule has 0 heterocycles. The van der Waals surface area contributed by atoms with Gasteiger partial charge in [0.1, 0.15) is 0 Å². The molecule has 0 N–H and O–H groups in total. The molecule has 1 atom stereocenters. The van der Waals surface area contributed by atoms with Crippen molar-refractivity contribution in [3.05, 3.63) is 6.42 Å². The van der Waals surface area contributed by atoms with Gasteiger partial charge in [0.2, 0.25) is 0 Å². The monoisotopic (exact) mass is 127 g/mol. The van der Waals surface area contributed by atoms with Crippen LogP contribution in [0.15, 0.2) is 0 Å². The molecule has 9 heavy (non-hydrogen) atoms. The minimum Gasteiger partial charge on any atom is -0.384 e. The summed E-state index contributed by atoms with van der Waals surface area (Å²) in [5.74, 6) is 1.58. The number of ether oxygens (including phenoxy) is 1. The molecule has 1 aliphatic rings. The molecular formula is C8H15O. The van der Waals surface area contributed by atoms with Crippen molar-refractivity contribution in [3.8, 4) is 0 Å². The third-order valence-electron chi connectivity index (χ3n) is 1.65. The van der Waals surface area contributed by atoms with Gasteiger partial charge in [-0.2, -0.15) is 0 Å². The molecule has 0 aliphatic heterocycles. The summed E-state index contributed by atoms with van der Waals surface area (Å²) in [5.41, 5.74) is 0. The van der Waals surface area contributed by atoms with Crippen LogP contribution in [0.2, 0.25) is 0 Å². The molecule has 1 radical (unpaired) electrons. The fraction of sp³-hybridized carbons (Fsp3) is 0.875. The number of hydrogen-bond acceptors (Lipinski definition) is 1. The predicted molar refractivity (Wildman–Crippen MR) is 38.1 cm³/mol. The van der Waals surface area contributed by atoms with Crippen LogP contribution in [-0.2, 0) is 4.74 Å². The van der Waals surface area contributed by atoms with Crippen molar-refractivity contribution in [2.75, 3.05) is 13.7 Å². The summed E-state index contributed by atoms with van der Waals surface area (Å²) in [6, 6.07) is 0. The Morgan fingerprint density at radius 3 is 2.78 bits per heavy atom. The van der Waals surface area contributed by atoms with Crippen LogP contribution in [0.3, 0.4) is 0 Å². The van der Waals surface area contributed by atoms with Crippen molar-refractivity contribution in [2.24, 2.45) is 11.8 Å². The van der Waals surface area contributed by atoms with Crippen molar-refractivity contribution < 1.29 is 4.74 Å². The van der Waals surface area contributed by atoms with Crippen molar-refractivity contribution >= 4 is 0 Å². The predicted octanol–water partition coefficient (Wildman–Crippen LogP) is 1.88. The van der Waals surface area contributed by atoms with Crippen molar-refractivity contribution in [1.29, 1.82) is 0 Å². The van der Waals surface area contributed by atoms with Crippen molar-refractivity contribution in [2.45, 2.75) is 19.8 Å². The van der Waals surface area contributed by atoms with Gasteiger partial charge in [0, 0.05) is 13.7 Å². The van der Waals surface area contributed by atoms with Gasteiger partial charge in [-0.3, -0.25) is 0 Å². The Hall–Kier alpha value is -0.0400. The first-order valence-electron chi connectivity index (χ1n) is 3.67. The highest BCUT2D eigenvalue weighted by Gasteiger charge is 2.23. The maximum absolute atomic E-state index is 5.00. The van der Waals surface area contributed by atoms with Gasteiger partial charge >= 0.3 is 0 Å². The Morgan fingerprint density at radius 2 is 2.33 bits per heavy atom. The van der Waals surface area contributed by atoms with Crippen LogP contribution in [0.4, 0.5) is 0 Å². The van der Waals surface area contributed by atoms with Crippen LogP contribution >= 0.6 is 0 Å². The van der Waals surface area contributed by atoms with E-state index >= 15 is 0 Å². The molecule has 0 aromatic rings. The normalized spacial score (nSPS) is 22.0. The van der Waals surface area contributed by atoms with Crippen LogP contribution in [0, 0.1) is 18.3 Å². The molecule has 1 rings (SSSR count). The van der Waals surface area contributed by atoms with E-state index in [9.17, 15) is 0 Å². The fourth-order valence-corrected chi connectivity index (χ4v) is 1.07. The largest absolute Gasteiger partial charge is 0.384 e. The fourth-order valence-electron chi connectivity index (χ4n) is 1.07. The highest BCUT2D eigenvalue weighted by atomic mass is 16.5. The molecule has 1 aliphatic carbocycles. The Morgan fingerprint density at radius 1 is 1.67 bits per heavy atom. The first-order chi connectivity index (χ1) is 4.33. The molecule has 0 amide bonds. The molecule has 1 fully saturated rings. The van der Waals surface area contributed by atoms with E-state index < -0.39 is 0 Å². The average Bonchev–Trinajstić information content (AvgIpc) is 2.50. The minimum atomic E-state index is 0.655. The van der Waals surface area contributed by atoms with Gasteiger partial charge < -0.3 is 4.74 Å². The van der Waals surface area contributed by atoms with Gasteiger partial charge in [0.05, 0.1) is 0 Å². The zero-order valence-corrected chi connectivity index (χ0v) is 6.26. The van der Waals surface area contributed by atoms with E-state index in [-0.39, 0.29) is 0 Å². The number of rotatable bonds is 4. The number of hydrogen-bond donors (Lipinski definition) is 0. The first kappa shape index (κ1) is 7.07. The first-order valence-corrected chi connectivity index (χ1v) is 3.67. The standard InChI is InChI=1S/C8H15O/c1-7(6-9-2)5-8-3-4-8/h5,7-8H,3-4,6H2,1-2H3. The lowest BCUT2D eigenvalue weighted by atomic mass is 10.1. The molecule has 1 saturated carbocycles. The van der Waals surface area contributed by atoms with Crippen LogP contribution in [0.5, 0.6) is 0 Å². The Balaban J connectivity index is 1.95. The summed E-state index contributed by atoms with van der Waals surface area (Å²) in [7, 11) is 1.76. The SMILES string of the molecule is COCC(C)[CH]C1CC1. The van der Waals surface area contributed by atoms with Gasteiger partial charge in [0.25, 0.3) is 0 Å². The van der Waals surface area contributed by atoms with E-state index in [1.165, 1.54) is 12.8 Å². The summed E-state index contributed by atoms with van der Waals surface area (Å²) < 4.78 is 5.00. The molecule has 1 nitrogen and oxygen atoms in total. The summed E-state index contributed by atoms with van der Waals surface area (Å²) in [4.78, 5) is 0. The van der Waals surface area contributed by atoms with Gasteiger partial charge in [0.15, 0.2) is 0 Å². The van der Waals surface area contributed by atoms with Crippen LogP contribution in [-0.4, -0.2) is 13.7 Å². The maximum atomic E-state index is 5.00. The molecule has 1 heteroatoms. The second-order valence-corrected chi connectivity index (χ2v) is 2.96. The van der Waals surface area contributed by atoms with E-state index in [1.54, 1.807) is 7.11 Å². The summed E-state index contributed by atoms with van der Waals surface area (Å²) >= 11 is 0.